The minimum absolute atomic E-state index is 0.180. The molecule has 0 fully saturated rings. The molecule has 3 aromatic rings. The number of hydrogen-bond acceptors (Lipinski definition) is 4. The van der Waals surface area contributed by atoms with Crippen LogP contribution in [0.1, 0.15) is 16.7 Å². The number of carbonyl (C=O) groups excluding carboxylic acids is 2. The van der Waals surface area contributed by atoms with Crippen LogP contribution in [0, 0.1) is 13.8 Å². The summed E-state index contributed by atoms with van der Waals surface area (Å²) in [6.07, 6.45) is 0. The SMILES string of the molecule is COc1ccc(C2=C(Nc3cc(Cl)ccc3C)C(=O)N(c3ccc(Cl)cc3C)C2=O)cc1. The van der Waals surface area contributed by atoms with Crippen LogP contribution in [0.25, 0.3) is 5.57 Å². The standard InChI is InChI=1S/C25H20Cl2N2O3/c1-14-4-7-18(27)13-20(14)28-23-22(16-5-9-19(32-3)10-6-16)24(30)29(25(23)31)21-11-8-17(26)12-15(21)2/h4-13,28H,1-3H3. The van der Waals surface area contributed by atoms with Crippen molar-refractivity contribution in [1.29, 1.82) is 0 Å². The minimum atomic E-state index is -0.453. The van der Waals surface area contributed by atoms with Crippen LogP contribution in [0.4, 0.5) is 11.4 Å². The van der Waals surface area contributed by atoms with Gasteiger partial charge in [0.05, 0.1) is 18.4 Å². The largest absolute Gasteiger partial charge is 0.497 e. The molecule has 0 saturated carbocycles. The highest BCUT2D eigenvalue weighted by molar-refractivity contribution is 6.46. The number of ether oxygens (including phenoxy) is 1. The van der Waals surface area contributed by atoms with E-state index >= 15 is 0 Å². The lowest BCUT2D eigenvalue weighted by Gasteiger charge is -2.18. The normalized spacial score (nSPS) is 13.7. The van der Waals surface area contributed by atoms with Gasteiger partial charge in [0.15, 0.2) is 0 Å². The van der Waals surface area contributed by atoms with Gasteiger partial charge < -0.3 is 10.1 Å². The number of hydrogen-bond donors (Lipinski definition) is 1. The van der Waals surface area contributed by atoms with E-state index in [1.54, 1.807) is 68.6 Å². The lowest BCUT2D eigenvalue weighted by Crippen LogP contribution is -2.33. The third-order valence-corrected chi connectivity index (χ3v) is 5.79. The molecule has 2 amide bonds. The van der Waals surface area contributed by atoms with E-state index in [0.717, 1.165) is 5.56 Å². The number of nitrogens with zero attached hydrogens (tertiary/aromatic N) is 1. The molecule has 5 nitrogen and oxygen atoms in total. The van der Waals surface area contributed by atoms with Gasteiger partial charge >= 0.3 is 0 Å². The average molecular weight is 467 g/mol. The summed E-state index contributed by atoms with van der Waals surface area (Å²) in [5.74, 6) is -0.227. The number of imide groups is 1. The molecule has 1 aliphatic heterocycles. The molecule has 0 radical (unpaired) electrons. The van der Waals surface area contributed by atoms with Crippen molar-refractivity contribution in [3.63, 3.8) is 0 Å². The first-order valence-corrected chi connectivity index (χ1v) is 10.6. The van der Waals surface area contributed by atoms with Gasteiger partial charge in [-0.2, -0.15) is 0 Å². The molecule has 0 spiro atoms. The van der Waals surface area contributed by atoms with Gasteiger partial charge in [-0.25, -0.2) is 4.90 Å². The molecule has 1 heterocycles. The summed E-state index contributed by atoms with van der Waals surface area (Å²) < 4.78 is 5.23. The third kappa shape index (κ3) is 3.97. The Kier molecular flexibility index (Phi) is 5.96. The number of methoxy groups -OCH3 is 1. The summed E-state index contributed by atoms with van der Waals surface area (Å²) in [6.45, 7) is 3.70. The zero-order valence-corrected chi connectivity index (χ0v) is 19.2. The fraction of sp³-hybridized carbons (Fsp3) is 0.120. The van der Waals surface area contributed by atoms with Crippen LogP contribution in [0.15, 0.2) is 66.4 Å². The summed E-state index contributed by atoms with van der Waals surface area (Å²) >= 11 is 12.3. The van der Waals surface area contributed by atoms with Crippen LogP contribution < -0.4 is 15.0 Å². The van der Waals surface area contributed by atoms with Gasteiger partial charge in [0.1, 0.15) is 11.4 Å². The smallest absolute Gasteiger partial charge is 0.282 e. The van der Waals surface area contributed by atoms with Crippen LogP contribution in [0.2, 0.25) is 10.0 Å². The number of nitrogens with one attached hydrogen (secondary N) is 1. The quantitative estimate of drug-likeness (QED) is 0.467. The van der Waals surface area contributed by atoms with Crippen molar-refractivity contribution in [3.05, 3.63) is 93.1 Å². The van der Waals surface area contributed by atoms with Crippen molar-refractivity contribution < 1.29 is 14.3 Å². The molecule has 32 heavy (non-hydrogen) atoms. The first-order valence-electron chi connectivity index (χ1n) is 9.87. The topological polar surface area (TPSA) is 58.6 Å². The predicted molar refractivity (Wildman–Crippen MR) is 128 cm³/mol. The Bertz CT molecular complexity index is 1270. The van der Waals surface area contributed by atoms with Gasteiger partial charge in [-0.3, -0.25) is 9.59 Å². The maximum Gasteiger partial charge on any atom is 0.282 e. The fourth-order valence-electron chi connectivity index (χ4n) is 3.62. The van der Waals surface area contributed by atoms with Crippen LogP contribution in [0.5, 0.6) is 5.75 Å². The number of benzene rings is 3. The highest BCUT2D eigenvalue weighted by atomic mass is 35.5. The highest BCUT2D eigenvalue weighted by Crippen LogP contribution is 2.37. The van der Waals surface area contributed by atoms with E-state index in [9.17, 15) is 9.59 Å². The molecule has 0 aromatic heterocycles. The van der Waals surface area contributed by atoms with Crippen molar-refractivity contribution in [2.75, 3.05) is 17.3 Å². The number of aryl methyl sites for hydroxylation is 2. The molecule has 0 bridgehead atoms. The second-order valence-electron chi connectivity index (χ2n) is 7.44. The van der Waals surface area contributed by atoms with Gasteiger partial charge in [0.25, 0.3) is 11.8 Å². The second kappa shape index (κ2) is 8.69. The summed E-state index contributed by atoms with van der Waals surface area (Å²) in [4.78, 5) is 28.3. The molecule has 3 aromatic carbocycles. The second-order valence-corrected chi connectivity index (χ2v) is 8.31. The maximum atomic E-state index is 13.6. The van der Waals surface area contributed by atoms with Crippen LogP contribution in [-0.2, 0) is 9.59 Å². The highest BCUT2D eigenvalue weighted by Gasteiger charge is 2.41. The Morgan fingerprint density at radius 1 is 0.812 bits per heavy atom. The van der Waals surface area contributed by atoms with Gasteiger partial charge in [-0.15, -0.1) is 0 Å². The molecule has 7 heteroatoms. The Morgan fingerprint density at radius 3 is 2.12 bits per heavy atom. The molecule has 1 N–H and O–H groups in total. The maximum absolute atomic E-state index is 13.6. The Morgan fingerprint density at radius 2 is 1.47 bits per heavy atom. The monoisotopic (exact) mass is 466 g/mol. The Hall–Kier alpha value is -3.28. The van der Waals surface area contributed by atoms with E-state index in [1.165, 1.54) is 4.90 Å². The van der Waals surface area contributed by atoms with Crippen LogP contribution in [0.3, 0.4) is 0 Å². The Labute approximate surface area is 196 Å². The van der Waals surface area contributed by atoms with Crippen molar-refractivity contribution in [1.82, 2.24) is 0 Å². The summed E-state index contributed by atoms with van der Waals surface area (Å²) in [5.41, 5.74) is 3.78. The molecule has 0 unspecified atom stereocenters. The molecule has 162 valence electrons. The third-order valence-electron chi connectivity index (χ3n) is 5.32. The predicted octanol–water partition coefficient (Wildman–Crippen LogP) is 6.02. The molecular weight excluding hydrogens is 447 g/mol. The van der Waals surface area contributed by atoms with E-state index in [0.29, 0.717) is 38.3 Å². The number of halogens is 2. The fourth-order valence-corrected chi connectivity index (χ4v) is 4.02. The summed E-state index contributed by atoms with van der Waals surface area (Å²) in [5, 5.41) is 4.21. The number of amides is 2. The first kappa shape index (κ1) is 21.9. The van der Waals surface area contributed by atoms with Crippen molar-refractivity contribution >= 4 is 52.0 Å². The van der Waals surface area contributed by atoms with E-state index in [4.69, 9.17) is 27.9 Å². The van der Waals surface area contributed by atoms with Gasteiger partial charge in [-0.1, -0.05) is 41.4 Å². The molecule has 0 aliphatic carbocycles. The number of carbonyl (C=O) groups is 2. The van der Waals surface area contributed by atoms with Crippen LogP contribution in [-0.4, -0.2) is 18.9 Å². The Balaban J connectivity index is 1.86. The van der Waals surface area contributed by atoms with E-state index in [1.807, 2.05) is 13.0 Å². The minimum Gasteiger partial charge on any atom is -0.497 e. The van der Waals surface area contributed by atoms with Crippen molar-refractivity contribution in [2.45, 2.75) is 13.8 Å². The van der Waals surface area contributed by atoms with Gasteiger partial charge in [-0.05, 0) is 73.0 Å². The van der Waals surface area contributed by atoms with Crippen LogP contribution >= 0.6 is 23.2 Å². The number of rotatable bonds is 5. The molecule has 0 saturated heterocycles. The lowest BCUT2D eigenvalue weighted by atomic mass is 10.0. The average Bonchev–Trinajstić information content (AvgIpc) is 3.00. The van der Waals surface area contributed by atoms with Crippen molar-refractivity contribution in [3.8, 4) is 5.75 Å². The van der Waals surface area contributed by atoms with E-state index in [2.05, 4.69) is 5.32 Å². The van der Waals surface area contributed by atoms with E-state index < -0.39 is 11.8 Å². The summed E-state index contributed by atoms with van der Waals surface area (Å²) in [7, 11) is 1.57. The number of anilines is 2. The van der Waals surface area contributed by atoms with E-state index in [-0.39, 0.29) is 11.3 Å². The molecule has 1 aliphatic rings. The van der Waals surface area contributed by atoms with Gasteiger partial charge in [0.2, 0.25) is 0 Å². The molecule has 4 rings (SSSR count). The zero-order valence-electron chi connectivity index (χ0n) is 17.7. The molecule has 0 atom stereocenters. The first-order chi connectivity index (χ1) is 15.3. The van der Waals surface area contributed by atoms with Gasteiger partial charge in [0, 0.05) is 15.7 Å². The zero-order chi connectivity index (χ0) is 23.0. The summed E-state index contributed by atoms with van der Waals surface area (Å²) in [6, 6.07) is 17.4. The van der Waals surface area contributed by atoms with Crippen molar-refractivity contribution in [2.24, 2.45) is 0 Å². The lowest BCUT2D eigenvalue weighted by molar-refractivity contribution is -0.120. The molecular formula is C25H20Cl2N2O3.